The predicted molar refractivity (Wildman–Crippen MR) is 206 cm³/mol. The first-order chi connectivity index (χ1) is 24.7. The van der Waals surface area contributed by atoms with Gasteiger partial charge in [0.2, 0.25) is 0 Å². The van der Waals surface area contributed by atoms with Crippen molar-refractivity contribution < 1.29 is 4.42 Å². The number of para-hydroxylation sites is 4. The lowest BCUT2D eigenvalue weighted by atomic mass is 9.98. The van der Waals surface area contributed by atoms with E-state index in [1.54, 1.807) is 0 Å². The quantitative estimate of drug-likeness (QED) is 0.193. The van der Waals surface area contributed by atoms with E-state index in [0.29, 0.717) is 0 Å². The van der Waals surface area contributed by atoms with Gasteiger partial charge in [0.1, 0.15) is 11.2 Å². The van der Waals surface area contributed by atoms with Crippen molar-refractivity contribution >= 4 is 76.6 Å². The molecule has 0 saturated carbocycles. The third-order valence-electron chi connectivity index (χ3n) is 10.2. The number of aryl methyl sites for hydroxylation is 1. The largest absolute Gasteiger partial charge is 0.455 e. The second kappa shape index (κ2) is 10.1. The van der Waals surface area contributed by atoms with E-state index >= 15 is 0 Å². The monoisotopic (exact) mass is 640 g/mol. The molecule has 0 saturated heterocycles. The second-order valence-corrected chi connectivity index (χ2v) is 13.0. The summed E-state index contributed by atoms with van der Waals surface area (Å²) in [7, 11) is 0. The van der Waals surface area contributed by atoms with Gasteiger partial charge in [-0.3, -0.25) is 0 Å². The van der Waals surface area contributed by atoms with Crippen LogP contribution in [0.2, 0.25) is 0 Å². The molecule has 5 aromatic heterocycles. The zero-order chi connectivity index (χ0) is 32.9. The molecule has 11 aromatic rings. The molecule has 0 aliphatic rings. The standard InChI is InChI=1S/C45H28N4O/c1-27-25-41(34-15-10-24-46-45(34)47-27)49-38-18-8-4-13-31(38)35-26-28(20-22-39(35)49)43-40(23-21-33-32-14-5-9-19-42(32)50-44(33)43)48-36-16-6-2-11-29(36)30-12-3-7-17-37(30)48/h2-26H,1H3. The Balaban J connectivity index is 1.27. The molecule has 0 radical (unpaired) electrons. The topological polar surface area (TPSA) is 48.8 Å². The highest BCUT2D eigenvalue weighted by atomic mass is 16.3. The molecule has 5 nitrogen and oxygen atoms in total. The fourth-order valence-corrected chi connectivity index (χ4v) is 8.16. The predicted octanol–water partition coefficient (Wildman–Crippen LogP) is 11.7. The maximum absolute atomic E-state index is 6.80. The smallest absolute Gasteiger partial charge is 0.161 e. The van der Waals surface area contributed by atoms with Crippen LogP contribution in [0.1, 0.15) is 5.69 Å². The van der Waals surface area contributed by atoms with Gasteiger partial charge in [-0.25, -0.2) is 9.97 Å². The van der Waals surface area contributed by atoms with Crippen LogP contribution in [0.3, 0.4) is 0 Å². The molecule has 0 aliphatic heterocycles. The molecule has 0 N–H and O–H groups in total. The first-order valence-electron chi connectivity index (χ1n) is 16.9. The number of rotatable bonds is 3. The number of hydrogen-bond donors (Lipinski definition) is 0. The van der Waals surface area contributed by atoms with Crippen LogP contribution < -0.4 is 0 Å². The van der Waals surface area contributed by atoms with Gasteiger partial charge >= 0.3 is 0 Å². The molecule has 0 spiro atoms. The molecule has 0 bridgehead atoms. The first-order valence-corrected chi connectivity index (χ1v) is 16.9. The van der Waals surface area contributed by atoms with Crippen molar-refractivity contribution in [3.8, 4) is 22.5 Å². The number of hydrogen-bond acceptors (Lipinski definition) is 3. The van der Waals surface area contributed by atoms with Crippen LogP contribution >= 0.6 is 0 Å². The molecule has 0 amide bonds. The van der Waals surface area contributed by atoms with Gasteiger partial charge in [0.15, 0.2) is 5.65 Å². The number of nitrogens with zero attached hydrogens (tertiary/aromatic N) is 4. The summed E-state index contributed by atoms with van der Waals surface area (Å²) in [5.41, 5.74) is 12.4. The van der Waals surface area contributed by atoms with Crippen LogP contribution in [0.15, 0.2) is 156 Å². The number of aromatic nitrogens is 4. The fourth-order valence-electron chi connectivity index (χ4n) is 8.16. The van der Waals surface area contributed by atoms with Gasteiger partial charge in [0, 0.05) is 55.2 Å². The maximum Gasteiger partial charge on any atom is 0.161 e. The zero-order valence-electron chi connectivity index (χ0n) is 27.1. The molecule has 50 heavy (non-hydrogen) atoms. The summed E-state index contributed by atoms with van der Waals surface area (Å²) in [5, 5.41) is 8.05. The summed E-state index contributed by atoms with van der Waals surface area (Å²) in [5.74, 6) is 0. The molecule has 0 atom stereocenters. The average molecular weight is 641 g/mol. The minimum absolute atomic E-state index is 0.748. The maximum atomic E-state index is 6.80. The summed E-state index contributed by atoms with van der Waals surface area (Å²) in [6.07, 6.45) is 1.81. The number of benzene rings is 6. The van der Waals surface area contributed by atoms with E-state index in [1.165, 1.54) is 21.5 Å². The Kier molecular flexibility index (Phi) is 5.53. The van der Waals surface area contributed by atoms with Gasteiger partial charge in [-0.15, -0.1) is 0 Å². The molecule has 11 rings (SSSR count). The lowest BCUT2D eigenvalue weighted by Crippen LogP contribution is -1.99. The number of furan rings is 1. The summed E-state index contributed by atoms with van der Waals surface area (Å²) < 4.78 is 11.6. The highest BCUT2D eigenvalue weighted by Crippen LogP contribution is 2.44. The van der Waals surface area contributed by atoms with Crippen molar-refractivity contribution in [2.24, 2.45) is 0 Å². The van der Waals surface area contributed by atoms with Gasteiger partial charge in [0.05, 0.1) is 33.4 Å². The molecule has 0 unspecified atom stereocenters. The Hall–Kier alpha value is -6.72. The van der Waals surface area contributed by atoms with E-state index in [-0.39, 0.29) is 0 Å². The third kappa shape index (κ3) is 3.71. The van der Waals surface area contributed by atoms with E-state index in [2.05, 4.69) is 148 Å². The SMILES string of the molecule is Cc1cc(-n2c3ccccc3c3cc(-c4c(-n5c6ccccc6c6ccccc65)ccc5c4oc4ccccc45)ccc32)c2cccnc2n1. The zero-order valence-corrected chi connectivity index (χ0v) is 27.1. The van der Waals surface area contributed by atoms with Gasteiger partial charge in [-0.1, -0.05) is 78.9 Å². The molecule has 6 aromatic carbocycles. The fraction of sp³-hybridized carbons (Fsp3) is 0.0222. The normalized spacial score (nSPS) is 12.1. The molecule has 0 aliphatic carbocycles. The van der Waals surface area contributed by atoms with Crippen molar-refractivity contribution in [3.63, 3.8) is 0 Å². The Morgan fingerprint density at radius 2 is 1.08 bits per heavy atom. The van der Waals surface area contributed by atoms with E-state index < -0.39 is 0 Å². The van der Waals surface area contributed by atoms with Crippen LogP contribution in [-0.2, 0) is 0 Å². The van der Waals surface area contributed by atoms with Crippen molar-refractivity contribution in [1.29, 1.82) is 0 Å². The van der Waals surface area contributed by atoms with Crippen molar-refractivity contribution in [1.82, 2.24) is 19.1 Å². The number of pyridine rings is 2. The Bertz CT molecular complexity index is 3120. The highest BCUT2D eigenvalue weighted by molar-refractivity contribution is 6.16. The molecule has 5 heteroatoms. The van der Waals surface area contributed by atoms with Crippen molar-refractivity contribution in [2.45, 2.75) is 6.92 Å². The summed E-state index contributed by atoms with van der Waals surface area (Å²) in [6, 6.07) is 52.0. The highest BCUT2D eigenvalue weighted by Gasteiger charge is 2.23. The van der Waals surface area contributed by atoms with Crippen molar-refractivity contribution in [2.75, 3.05) is 0 Å². The lowest BCUT2D eigenvalue weighted by Gasteiger charge is -2.15. The van der Waals surface area contributed by atoms with Crippen LogP contribution in [0.4, 0.5) is 0 Å². The Morgan fingerprint density at radius 3 is 1.82 bits per heavy atom. The van der Waals surface area contributed by atoms with Gasteiger partial charge < -0.3 is 13.6 Å². The summed E-state index contributed by atoms with van der Waals surface area (Å²) >= 11 is 0. The van der Waals surface area contributed by atoms with Gasteiger partial charge in [0.25, 0.3) is 0 Å². The first kappa shape index (κ1) is 27.3. The Labute approximate surface area is 286 Å². The van der Waals surface area contributed by atoms with Crippen LogP contribution in [0, 0.1) is 6.92 Å². The summed E-state index contributed by atoms with van der Waals surface area (Å²) in [6.45, 7) is 2.04. The molecule has 0 fully saturated rings. The van der Waals surface area contributed by atoms with E-state index in [0.717, 1.165) is 83.2 Å². The molecule has 5 heterocycles. The van der Waals surface area contributed by atoms with Crippen LogP contribution in [-0.4, -0.2) is 19.1 Å². The molecular formula is C45H28N4O. The lowest BCUT2D eigenvalue weighted by molar-refractivity contribution is 0.670. The minimum Gasteiger partial charge on any atom is -0.455 e. The van der Waals surface area contributed by atoms with Gasteiger partial charge in [-0.05, 0) is 79.2 Å². The third-order valence-corrected chi connectivity index (χ3v) is 10.2. The number of fused-ring (bicyclic) bond motifs is 10. The average Bonchev–Trinajstić information content (AvgIpc) is 3.81. The van der Waals surface area contributed by atoms with E-state index in [1.807, 2.05) is 25.3 Å². The van der Waals surface area contributed by atoms with Crippen LogP contribution in [0.5, 0.6) is 0 Å². The Morgan fingerprint density at radius 1 is 0.480 bits per heavy atom. The minimum atomic E-state index is 0.748. The van der Waals surface area contributed by atoms with Crippen LogP contribution in [0.25, 0.3) is 99.1 Å². The summed E-state index contributed by atoms with van der Waals surface area (Å²) in [4.78, 5) is 9.36. The second-order valence-electron chi connectivity index (χ2n) is 13.0. The van der Waals surface area contributed by atoms with E-state index in [9.17, 15) is 0 Å². The van der Waals surface area contributed by atoms with Gasteiger partial charge in [-0.2, -0.15) is 0 Å². The van der Waals surface area contributed by atoms with E-state index in [4.69, 9.17) is 9.40 Å². The van der Waals surface area contributed by atoms with Crippen molar-refractivity contribution in [3.05, 3.63) is 157 Å². The molecular weight excluding hydrogens is 613 g/mol. The molecule has 234 valence electrons.